The van der Waals surface area contributed by atoms with Gasteiger partial charge in [-0.2, -0.15) is 0 Å². The fourth-order valence-corrected chi connectivity index (χ4v) is 1.46. The van der Waals surface area contributed by atoms with E-state index < -0.39 is 5.97 Å². The maximum Gasteiger partial charge on any atom is 0.305 e. The number of phenols is 1. The van der Waals surface area contributed by atoms with Crippen LogP contribution < -0.4 is 0 Å². The Morgan fingerprint density at radius 2 is 2.25 bits per heavy atom. The standard InChI is InChI=1S/C12H16O4/c1-2-11(16-7-6-12(14)15)9-4-3-5-10(13)8-9/h3-5,8,11,13H,2,6-7H2,1H3,(H,14,15). The van der Waals surface area contributed by atoms with Gasteiger partial charge >= 0.3 is 5.97 Å². The van der Waals surface area contributed by atoms with Crippen molar-refractivity contribution in [2.75, 3.05) is 6.61 Å². The van der Waals surface area contributed by atoms with Crippen LogP contribution in [0.5, 0.6) is 5.75 Å². The minimum absolute atomic E-state index is 0.00465. The first-order chi connectivity index (χ1) is 7.63. The molecule has 0 aliphatic rings. The van der Waals surface area contributed by atoms with Gasteiger partial charge in [-0.05, 0) is 24.1 Å². The highest BCUT2D eigenvalue weighted by Crippen LogP contribution is 2.24. The van der Waals surface area contributed by atoms with Crippen molar-refractivity contribution in [2.45, 2.75) is 25.9 Å². The molecule has 0 saturated carbocycles. The van der Waals surface area contributed by atoms with Crippen molar-refractivity contribution in [3.05, 3.63) is 29.8 Å². The highest BCUT2D eigenvalue weighted by molar-refractivity contribution is 5.66. The van der Waals surface area contributed by atoms with Crippen molar-refractivity contribution in [3.8, 4) is 5.75 Å². The van der Waals surface area contributed by atoms with Gasteiger partial charge in [-0.25, -0.2) is 0 Å². The molecule has 0 bridgehead atoms. The monoisotopic (exact) mass is 224 g/mol. The topological polar surface area (TPSA) is 66.8 Å². The second kappa shape index (κ2) is 6.12. The van der Waals surface area contributed by atoms with Crippen molar-refractivity contribution in [3.63, 3.8) is 0 Å². The summed E-state index contributed by atoms with van der Waals surface area (Å²) in [7, 11) is 0. The molecule has 1 aromatic carbocycles. The summed E-state index contributed by atoms with van der Waals surface area (Å²) >= 11 is 0. The maximum atomic E-state index is 10.3. The molecule has 0 aliphatic carbocycles. The summed E-state index contributed by atoms with van der Waals surface area (Å²) in [6.45, 7) is 2.14. The molecular weight excluding hydrogens is 208 g/mol. The summed E-state index contributed by atoms with van der Waals surface area (Å²) in [5.41, 5.74) is 0.868. The molecule has 2 N–H and O–H groups in total. The van der Waals surface area contributed by atoms with Crippen molar-refractivity contribution in [1.29, 1.82) is 0 Å². The fourth-order valence-electron chi connectivity index (χ4n) is 1.46. The van der Waals surface area contributed by atoms with Crippen LogP contribution in [0.3, 0.4) is 0 Å². The van der Waals surface area contributed by atoms with E-state index in [0.29, 0.717) is 0 Å². The number of phenolic OH excluding ortho intramolecular Hbond substituents is 1. The van der Waals surface area contributed by atoms with Crippen LogP contribution in [0.2, 0.25) is 0 Å². The Morgan fingerprint density at radius 1 is 1.50 bits per heavy atom. The third-order valence-corrected chi connectivity index (χ3v) is 2.25. The number of carboxylic acids is 1. The first kappa shape index (κ1) is 12.5. The Labute approximate surface area is 94.5 Å². The van der Waals surface area contributed by atoms with Crippen LogP contribution in [0.25, 0.3) is 0 Å². The molecule has 0 radical (unpaired) electrons. The molecule has 1 atom stereocenters. The quantitative estimate of drug-likeness (QED) is 0.778. The third-order valence-electron chi connectivity index (χ3n) is 2.25. The zero-order valence-electron chi connectivity index (χ0n) is 9.22. The first-order valence-corrected chi connectivity index (χ1v) is 5.25. The molecule has 0 spiro atoms. The van der Waals surface area contributed by atoms with Crippen LogP contribution in [-0.4, -0.2) is 22.8 Å². The molecule has 16 heavy (non-hydrogen) atoms. The number of benzene rings is 1. The second-order valence-corrected chi connectivity index (χ2v) is 3.51. The first-order valence-electron chi connectivity index (χ1n) is 5.25. The summed E-state index contributed by atoms with van der Waals surface area (Å²) in [6, 6.07) is 6.82. The van der Waals surface area contributed by atoms with Crippen LogP contribution in [0.4, 0.5) is 0 Å². The van der Waals surface area contributed by atoms with Gasteiger partial charge in [-0.15, -0.1) is 0 Å². The van der Waals surface area contributed by atoms with Gasteiger partial charge in [0.15, 0.2) is 0 Å². The molecular formula is C12H16O4. The average molecular weight is 224 g/mol. The third kappa shape index (κ3) is 3.90. The number of aliphatic carboxylic acids is 1. The van der Waals surface area contributed by atoms with E-state index in [1.165, 1.54) is 0 Å². The molecule has 1 rings (SSSR count). The van der Waals surface area contributed by atoms with Crippen LogP contribution >= 0.6 is 0 Å². The zero-order chi connectivity index (χ0) is 12.0. The van der Waals surface area contributed by atoms with Gasteiger partial charge in [0.05, 0.1) is 19.1 Å². The average Bonchev–Trinajstić information content (AvgIpc) is 2.24. The lowest BCUT2D eigenvalue weighted by Gasteiger charge is -2.16. The Kier molecular flexibility index (Phi) is 4.79. The number of carbonyl (C=O) groups is 1. The van der Waals surface area contributed by atoms with E-state index in [1.54, 1.807) is 18.2 Å². The number of aromatic hydroxyl groups is 1. The molecule has 0 fully saturated rings. The Hall–Kier alpha value is -1.55. The number of hydrogen-bond acceptors (Lipinski definition) is 3. The predicted molar refractivity (Wildman–Crippen MR) is 59.3 cm³/mol. The number of ether oxygens (including phenoxy) is 1. The summed E-state index contributed by atoms with van der Waals surface area (Å²) in [5, 5.41) is 17.8. The van der Waals surface area contributed by atoms with Crippen molar-refractivity contribution in [2.24, 2.45) is 0 Å². The van der Waals surface area contributed by atoms with E-state index >= 15 is 0 Å². The Morgan fingerprint density at radius 3 is 2.81 bits per heavy atom. The molecule has 1 unspecified atom stereocenters. The summed E-state index contributed by atoms with van der Waals surface area (Å²) in [5.74, 6) is -0.677. The van der Waals surface area contributed by atoms with E-state index in [9.17, 15) is 9.90 Å². The van der Waals surface area contributed by atoms with Crippen molar-refractivity contribution >= 4 is 5.97 Å². The highest BCUT2D eigenvalue weighted by atomic mass is 16.5. The van der Waals surface area contributed by atoms with E-state index in [2.05, 4.69) is 0 Å². The molecule has 1 aromatic rings. The molecule has 4 nitrogen and oxygen atoms in total. The van der Waals surface area contributed by atoms with Crippen LogP contribution in [0.15, 0.2) is 24.3 Å². The van der Waals surface area contributed by atoms with Crippen LogP contribution in [0, 0.1) is 0 Å². The Balaban J connectivity index is 2.57. The zero-order valence-corrected chi connectivity index (χ0v) is 9.22. The second-order valence-electron chi connectivity index (χ2n) is 3.51. The van der Waals surface area contributed by atoms with Gasteiger partial charge in [0, 0.05) is 0 Å². The smallest absolute Gasteiger partial charge is 0.305 e. The van der Waals surface area contributed by atoms with Gasteiger partial charge < -0.3 is 14.9 Å². The number of rotatable bonds is 6. The molecule has 0 aliphatic heterocycles. The largest absolute Gasteiger partial charge is 0.508 e. The van der Waals surface area contributed by atoms with Gasteiger partial charge in [-0.3, -0.25) is 4.79 Å². The maximum absolute atomic E-state index is 10.3. The molecule has 0 amide bonds. The van der Waals surface area contributed by atoms with E-state index in [1.807, 2.05) is 13.0 Å². The predicted octanol–water partition coefficient (Wildman–Crippen LogP) is 2.33. The minimum Gasteiger partial charge on any atom is -0.508 e. The lowest BCUT2D eigenvalue weighted by Crippen LogP contribution is -2.08. The number of hydrogen-bond donors (Lipinski definition) is 2. The fraction of sp³-hybridized carbons (Fsp3) is 0.417. The minimum atomic E-state index is -0.870. The van der Waals surface area contributed by atoms with Crippen molar-refractivity contribution in [1.82, 2.24) is 0 Å². The summed E-state index contributed by atoms with van der Waals surface area (Å²) < 4.78 is 5.45. The van der Waals surface area contributed by atoms with Gasteiger partial charge in [0.25, 0.3) is 0 Å². The van der Waals surface area contributed by atoms with Gasteiger partial charge in [-0.1, -0.05) is 19.1 Å². The van der Waals surface area contributed by atoms with Crippen LogP contribution in [0.1, 0.15) is 31.4 Å². The van der Waals surface area contributed by atoms with Crippen molar-refractivity contribution < 1.29 is 19.7 Å². The molecule has 0 saturated heterocycles. The van der Waals surface area contributed by atoms with Gasteiger partial charge in [0.2, 0.25) is 0 Å². The molecule has 0 aromatic heterocycles. The summed E-state index contributed by atoms with van der Waals surface area (Å²) in [6.07, 6.45) is 0.574. The molecule has 4 heteroatoms. The van der Waals surface area contributed by atoms with Gasteiger partial charge in [0.1, 0.15) is 5.75 Å². The number of carboxylic acid groups (broad SMARTS) is 1. The molecule has 0 heterocycles. The highest BCUT2D eigenvalue weighted by Gasteiger charge is 2.10. The normalized spacial score (nSPS) is 12.3. The SMILES string of the molecule is CCC(OCCC(=O)O)c1cccc(O)c1. The van der Waals surface area contributed by atoms with E-state index in [4.69, 9.17) is 9.84 Å². The lowest BCUT2D eigenvalue weighted by molar-refractivity contribution is -0.138. The molecule has 88 valence electrons. The Bertz CT molecular complexity index is 349. The van der Waals surface area contributed by atoms with E-state index in [0.717, 1.165) is 12.0 Å². The van der Waals surface area contributed by atoms with E-state index in [-0.39, 0.29) is 24.9 Å². The van der Waals surface area contributed by atoms with Crippen LogP contribution in [-0.2, 0) is 9.53 Å². The lowest BCUT2D eigenvalue weighted by atomic mass is 10.1. The summed E-state index contributed by atoms with van der Waals surface area (Å²) in [4.78, 5) is 10.3.